The molecule has 0 N–H and O–H groups in total. The van der Waals surface area contributed by atoms with Crippen LogP contribution in [-0.2, 0) is 19.3 Å². The molecule has 0 unspecified atom stereocenters. The van der Waals surface area contributed by atoms with Crippen LogP contribution in [-0.4, -0.2) is 14.3 Å². The number of fused-ring (bicyclic) bond motifs is 2. The summed E-state index contributed by atoms with van der Waals surface area (Å²) in [7, 11) is 0. The second-order valence-corrected chi connectivity index (χ2v) is 10.3. The van der Waals surface area contributed by atoms with E-state index in [9.17, 15) is 26.3 Å². The van der Waals surface area contributed by atoms with E-state index in [0.717, 1.165) is 16.1 Å². The zero-order chi connectivity index (χ0) is 29.1. The van der Waals surface area contributed by atoms with Gasteiger partial charge in [0, 0.05) is 56.0 Å². The SMILES string of the molecule is Fc1cc(F)c(Cn2nc3c(C(F)(F)F)cccc3c2-c2ccc3ccn(Cc4c(Cl)cccc4Cl)c3c2)c(F)c1. The van der Waals surface area contributed by atoms with Gasteiger partial charge in [-0.25, -0.2) is 13.2 Å². The topological polar surface area (TPSA) is 22.8 Å². The molecule has 0 radical (unpaired) electrons. The predicted molar refractivity (Wildman–Crippen MR) is 147 cm³/mol. The van der Waals surface area contributed by atoms with Gasteiger partial charge in [-0.3, -0.25) is 4.68 Å². The molecular weight excluding hydrogens is 587 g/mol. The number of rotatable bonds is 5. The Labute approximate surface area is 239 Å². The van der Waals surface area contributed by atoms with Crippen LogP contribution >= 0.6 is 23.2 Å². The minimum absolute atomic E-state index is 0.134. The molecule has 2 aromatic heterocycles. The van der Waals surface area contributed by atoms with Crippen LogP contribution in [0.2, 0.25) is 10.0 Å². The Balaban J connectivity index is 1.56. The minimum Gasteiger partial charge on any atom is -0.343 e. The second-order valence-electron chi connectivity index (χ2n) is 9.47. The van der Waals surface area contributed by atoms with E-state index in [1.165, 1.54) is 12.1 Å². The van der Waals surface area contributed by atoms with Crippen molar-refractivity contribution < 1.29 is 26.3 Å². The molecule has 0 saturated heterocycles. The Morgan fingerprint density at radius 3 is 2.12 bits per heavy atom. The fraction of sp³-hybridized carbons (Fsp3) is 0.100. The van der Waals surface area contributed by atoms with Gasteiger partial charge in [-0.15, -0.1) is 0 Å². The standard InChI is InChI=1S/C30H17Cl2F6N3/c31-23-5-2-6-24(32)20(23)14-40-10-9-16-7-8-17(11-27(16)40)29-19-3-1-4-22(30(36,37)38)28(19)39-41(29)15-21-25(34)12-18(33)13-26(21)35/h1-13H,14-15H2. The fourth-order valence-electron chi connectivity index (χ4n) is 5.00. The lowest BCUT2D eigenvalue weighted by Crippen LogP contribution is -2.09. The first-order chi connectivity index (χ1) is 19.5. The highest BCUT2D eigenvalue weighted by molar-refractivity contribution is 6.36. The monoisotopic (exact) mass is 603 g/mol. The number of hydrogen-bond acceptors (Lipinski definition) is 1. The third kappa shape index (κ3) is 4.93. The Hall–Kier alpha value is -3.95. The summed E-state index contributed by atoms with van der Waals surface area (Å²) in [6.07, 6.45) is -2.90. The number of aromatic nitrogens is 3. The van der Waals surface area contributed by atoms with Gasteiger partial charge < -0.3 is 4.57 Å². The van der Waals surface area contributed by atoms with Crippen molar-refractivity contribution in [2.45, 2.75) is 19.3 Å². The summed E-state index contributed by atoms with van der Waals surface area (Å²) in [6.45, 7) is -0.261. The molecule has 2 heterocycles. The average molecular weight is 604 g/mol. The van der Waals surface area contributed by atoms with Crippen LogP contribution in [0.25, 0.3) is 33.1 Å². The Kier molecular flexibility index (Phi) is 6.74. The minimum atomic E-state index is -4.73. The predicted octanol–water partition coefficient (Wildman–Crippen LogP) is 9.50. The van der Waals surface area contributed by atoms with Crippen LogP contribution in [0.1, 0.15) is 16.7 Å². The van der Waals surface area contributed by atoms with Gasteiger partial charge in [0.15, 0.2) is 0 Å². The van der Waals surface area contributed by atoms with E-state index < -0.39 is 41.3 Å². The third-order valence-electron chi connectivity index (χ3n) is 6.93. The number of alkyl halides is 3. The van der Waals surface area contributed by atoms with Gasteiger partial charge in [0.1, 0.15) is 23.0 Å². The first-order valence-corrected chi connectivity index (χ1v) is 13.0. The average Bonchev–Trinajstić information content (AvgIpc) is 3.48. The summed E-state index contributed by atoms with van der Waals surface area (Å²) in [6, 6.07) is 16.9. The van der Waals surface area contributed by atoms with Crippen molar-refractivity contribution in [1.82, 2.24) is 14.3 Å². The first-order valence-electron chi connectivity index (χ1n) is 12.2. The summed E-state index contributed by atoms with van der Waals surface area (Å²) in [4.78, 5) is 0. The van der Waals surface area contributed by atoms with Gasteiger partial charge in [0.2, 0.25) is 0 Å². The molecule has 0 aliphatic rings. The summed E-state index contributed by atoms with van der Waals surface area (Å²) in [5, 5.41) is 6.08. The number of hydrogen-bond donors (Lipinski definition) is 0. The van der Waals surface area contributed by atoms with Gasteiger partial charge >= 0.3 is 6.18 Å². The summed E-state index contributed by atoms with van der Waals surface area (Å²) in [5.74, 6) is -3.46. The van der Waals surface area contributed by atoms with Crippen LogP contribution in [0.5, 0.6) is 0 Å². The number of halogens is 8. The molecule has 0 fully saturated rings. The van der Waals surface area contributed by atoms with Crippen molar-refractivity contribution in [3.05, 3.63) is 123 Å². The highest BCUT2D eigenvalue weighted by atomic mass is 35.5. The molecule has 208 valence electrons. The van der Waals surface area contributed by atoms with Crippen LogP contribution in [0.3, 0.4) is 0 Å². The van der Waals surface area contributed by atoms with Gasteiger partial charge in [0.25, 0.3) is 0 Å². The van der Waals surface area contributed by atoms with Crippen molar-refractivity contribution in [2.75, 3.05) is 0 Å². The highest BCUT2D eigenvalue weighted by Gasteiger charge is 2.35. The molecule has 0 saturated carbocycles. The van der Waals surface area contributed by atoms with Gasteiger partial charge in [-0.2, -0.15) is 18.3 Å². The van der Waals surface area contributed by atoms with E-state index >= 15 is 0 Å². The van der Waals surface area contributed by atoms with E-state index in [4.69, 9.17) is 23.2 Å². The summed E-state index contributed by atoms with van der Waals surface area (Å²) < 4.78 is 87.5. The molecule has 41 heavy (non-hydrogen) atoms. The van der Waals surface area contributed by atoms with Crippen LogP contribution in [0.4, 0.5) is 26.3 Å². The lowest BCUT2D eigenvalue weighted by atomic mass is 10.0. The highest BCUT2D eigenvalue weighted by Crippen LogP contribution is 2.39. The second kappa shape index (κ2) is 10.2. The molecule has 0 aliphatic carbocycles. The Morgan fingerprint density at radius 1 is 0.756 bits per heavy atom. The van der Waals surface area contributed by atoms with E-state index in [-0.39, 0.29) is 16.6 Å². The smallest absolute Gasteiger partial charge is 0.343 e. The largest absolute Gasteiger partial charge is 0.418 e. The molecule has 0 spiro atoms. The van der Waals surface area contributed by atoms with Crippen molar-refractivity contribution >= 4 is 45.0 Å². The number of benzene rings is 4. The third-order valence-corrected chi connectivity index (χ3v) is 7.63. The van der Waals surface area contributed by atoms with Crippen molar-refractivity contribution in [1.29, 1.82) is 0 Å². The molecule has 11 heteroatoms. The molecular formula is C30H17Cl2F6N3. The lowest BCUT2D eigenvalue weighted by molar-refractivity contribution is -0.136. The molecule has 0 atom stereocenters. The number of nitrogens with zero attached hydrogens (tertiary/aromatic N) is 3. The van der Waals surface area contributed by atoms with Gasteiger partial charge in [-0.05, 0) is 35.7 Å². The summed E-state index contributed by atoms with van der Waals surface area (Å²) >= 11 is 12.7. The van der Waals surface area contributed by atoms with Crippen molar-refractivity contribution in [2.24, 2.45) is 0 Å². The van der Waals surface area contributed by atoms with Crippen LogP contribution in [0, 0.1) is 17.5 Å². The molecule has 0 bridgehead atoms. The first kappa shape index (κ1) is 27.2. The lowest BCUT2D eigenvalue weighted by Gasteiger charge is -2.12. The Bertz CT molecular complexity index is 1920. The normalized spacial score (nSPS) is 12.1. The molecule has 0 aliphatic heterocycles. The fourth-order valence-corrected chi connectivity index (χ4v) is 5.51. The molecule has 6 aromatic rings. The molecule has 6 rings (SSSR count). The van der Waals surface area contributed by atoms with E-state index in [1.54, 1.807) is 36.4 Å². The summed E-state index contributed by atoms with van der Waals surface area (Å²) in [5.41, 5.74) is 0.153. The van der Waals surface area contributed by atoms with E-state index in [0.29, 0.717) is 45.4 Å². The zero-order valence-corrected chi connectivity index (χ0v) is 22.3. The van der Waals surface area contributed by atoms with Crippen molar-refractivity contribution in [3.63, 3.8) is 0 Å². The van der Waals surface area contributed by atoms with Crippen molar-refractivity contribution in [3.8, 4) is 11.3 Å². The quantitative estimate of drug-likeness (QED) is 0.180. The molecule has 0 amide bonds. The van der Waals surface area contributed by atoms with E-state index in [2.05, 4.69) is 5.10 Å². The van der Waals surface area contributed by atoms with Gasteiger partial charge in [-0.1, -0.05) is 53.5 Å². The maximum Gasteiger partial charge on any atom is 0.418 e. The maximum absolute atomic E-state index is 14.6. The van der Waals surface area contributed by atoms with E-state index in [1.807, 2.05) is 16.8 Å². The van der Waals surface area contributed by atoms with Crippen LogP contribution < -0.4 is 0 Å². The van der Waals surface area contributed by atoms with Crippen LogP contribution in [0.15, 0.2) is 79.0 Å². The zero-order valence-electron chi connectivity index (χ0n) is 20.8. The Morgan fingerprint density at radius 2 is 1.44 bits per heavy atom. The maximum atomic E-state index is 14.6. The molecule has 4 aromatic carbocycles. The van der Waals surface area contributed by atoms with Gasteiger partial charge in [0.05, 0.1) is 24.3 Å². The molecule has 3 nitrogen and oxygen atoms in total.